The van der Waals surface area contributed by atoms with Gasteiger partial charge in [-0.15, -0.1) is 0 Å². The lowest BCUT2D eigenvalue weighted by atomic mass is 10.0. The minimum Gasteiger partial charge on any atom is -0.368 e. The lowest BCUT2D eigenvalue weighted by molar-refractivity contribution is -0.384. The van der Waals surface area contributed by atoms with Crippen molar-refractivity contribution in [3.63, 3.8) is 0 Å². The second kappa shape index (κ2) is 6.21. The van der Waals surface area contributed by atoms with Crippen molar-refractivity contribution in [3.8, 4) is 22.5 Å². The molecule has 3 aromatic carbocycles. The number of nitro benzene ring substituents is 1. The van der Waals surface area contributed by atoms with Crippen LogP contribution in [0.2, 0.25) is 0 Å². The van der Waals surface area contributed by atoms with E-state index in [1.54, 1.807) is 6.07 Å². The van der Waals surface area contributed by atoms with Crippen LogP contribution in [0.1, 0.15) is 0 Å². The number of benzene rings is 3. The van der Waals surface area contributed by atoms with Crippen LogP contribution in [0, 0.1) is 10.1 Å². The van der Waals surface area contributed by atoms with Crippen molar-refractivity contribution in [2.75, 3.05) is 38.1 Å². The molecule has 1 aliphatic carbocycles. The molecule has 148 valence electrons. The maximum atomic E-state index is 11.2. The number of hydrogen-bond acceptors (Lipinski definition) is 6. The lowest BCUT2D eigenvalue weighted by Crippen LogP contribution is -2.44. The molecule has 2 heterocycles. The van der Waals surface area contributed by atoms with Crippen LogP contribution in [0.5, 0.6) is 0 Å². The Morgan fingerprint density at radius 2 is 1.63 bits per heavy atom. The molecule has 0 amide bonds. The number of nitro groups is 1. The van der Waals surface area contributed by atoms with E-state index < -0.39 is 4.92 Å². The number of non-ortho nitro benzene ring substituents is 1. The predicted molar refractivity (Wildman–Crippen MR) is 118 cm³/mol. The third-order valence-corrected chi connectivity index (χ3v) is 6.23. The van der Waals surface area contributed by atoms with E-state index >= 15 is 0 Å². The van der Waals surface area contributed by atoms with Gasteiger partial charge in [-0.25, -0.2) is 9.97 Å². The van der Waals surface area contributed by atoms with Gasteiger partial charge in [-0.05, 0) is 19.2 Å². The summed E-state index contributed by atoms with van der Waals surface area (Å²) in [6, 6.07) is 15.3. The number of aromatic nitrogens is 2. The Balaban J connectivity index is 1.56. The molecule has 30 heavy (non-hydrogen) atoms. The second-order valence-electron chi connectivity index (χ2n) is 8.00. The Bertz CT molecular complexity index is 1360. The maximum absolute atomic E-state index is 11.2. The number of likely N-dealkylation sites (N-methyl/N-ethyl adjacent to an activating group) is 1. The molecule has 1 aliphatic heterocycles. The molecule has 0 saturated carbocycles. The summed E-state index contributed by atoms with van der Waals surface area (Å²) in [6.45, 7) is 4.12. The third-order valence-electron chi connectivity index (χ3n) is 6.23. The molecule has 6 rings (SSSR count). The monoisotopic (exact) mass is 397 g/mol. The molecule has 2 aliphatic rings. The zero-order chi connectivity index (χ0) is 20.4. The van der Waals surface area contributed by atoms with Gasteiger partial charge in [0.05, 0.1) is 27.3 Å². The maximum Gasteiger partial charge on any atom is 0.271 e. The molecule has 0 atom stereocenters. The van der Waals surface area contributed by atoms with Crippen molar-refractivity contribution in [1.82, 2.24) is 14.9 Å². The van der Waals surface area contributed by atoms with Gasteiger partial charge in [0, 0.05) is 65.9 Å². The minimum atomic E-state index is -0.397. The molecule has 7 nitrogen and oxygen atoms in total. The molecule has 0 N–H and O–H groups in total. The van der Waals surface area contributed by atoms with Gasteiger partial charge in [0.2, 0.25) is 0 Å². The first-order chi connectivity index (χ1) is 14.6. The van der Waals surface area contributed by atoms with Gasteiger partial charge in [-0.2, -0.15) is 0 Å². The Morgan fingerprint density at radius 1 is 0.900 bits per heavy atom. The smallest absolute Gasteiger partial charge is 0.271 e. The highest BCUT2D eigenvalue weighted by molar-refractivity contribution is 6.17. The number of rotatable bonds is 2. The van der Waals surface area contributed by atoms with Gasteiger partial charge >= 0.3 is 0 Å². The van der Waals surface area contributed by atoms with Gasteiger partial charge in [0.15, 0.2) is 0 Å². The quantitative estimate of drug-likeness (QED) is 0.330. The Morgan fingerprint density at radius 3 is 2.40 bits per heavy atom. The van der Waals surface area contributed by atoms with Crippen LogP contribution >= 0.6 is 0 Å². The summed E-state index contributed by atoms with van der Waals surface area (Å²) in [5, 5.41) is 13.6. The summed E-state index contributed by atoms with van der Waals surface area (Å²) in [5.41, 5.74) is 6.29. The molecule has 1 aromatic heterocycles. The zero-order valence-electron chi connectivity index (χ0n) is 16.5. The summed E-state index contributed by atoms with van der Waals surface area (Å²) in [5.74, 6) is 0. The summed E-state index contributed by atoms with van der Waals surface area (Å²) >= 11 is 0. The van der Waals surface area contributed by atoms with Gasteiger partial charge in [0.1, 0.15) is 0 Å². The van der Waals surface area contributed by atoms with E-state index in [0.717, 1.165) is 48.7 Å². The Labute approximate surface area is 172 Å². The fraction of sp³-hybridized carbons (Fsp3) is 0.217. The summed E-state index contributed by atoms with van der Waals surface area (Å²) < 4.78 is 0. The summed E-state index contributed by atoms with van der Waals surface area (Å²) in [6.07, 6.45) is 0. The van der Waals surface area contributed by atoms with E-state index in [9.17, 15) is 10.1 Å². The van der Waals surface area contributed by atoms with E-state index in [-0.39, 0.29) is 5.69 Å². The topological polar surface area (TPSA) is 75.4 Å². The molecule has 0 unspecified atom stereocenters. The molecule has 0 radical (unpaired) electrons. The van der Waals surface area contributed by atoms with Gasteiger partial charge in [-0.1, -0.05) is 24.3 Å². The molecular weight excluding hydrogens is 378 g/mol. The molecule has 4 aromatic rings. The second-order valence-corrected chi connectivity index (χ2v) is 8.00. The lowest BCUT2D eigenvalue weighted by Gasteiger charge is -2.34. The molecule has 7 heteroatoms. The van der Waals surface area contributed by atoms with Crippen molar-refractivity contribution in [3.05, 3.63) is 58.6 Å². The minimum absolute atomic E-state index is 0.0304. The van der Waals surface area contributed by atoms with Crippen LogP contribution in [0.25, 0.3) is 44.3 Å². The Kier molecular flexibility index (Phi) is 3.58. The van der Waals surface area contributed by atoms with E-state index in [1.165, 1.54) is 28.6 Å². The average Bonchev–Trinajstić information content (AvgIpc) is 3.07. The van der Waals surface area contributed by atoms with Crippen molar-refractivity contribution in [1.29, 1.82) is 0 Å². The van der Waals surface area contributed by atoms with Gasteiger partial charge in [-0.3, -0.25) is 10.1 Å². The van der Waals surface area contributed by atoms with Crippen molar-refractivity contribution >= 4 is 33.2 Å². The fourth-order valence-corrected chi connectivity index (χ4v) is 4.64. The summed E-state index contributed by atoms with van der Waals surface area (Å²) in [7, 11) is 2.16. The number of piperazine rings is 1. The number of anilines is 1. The highest BCUT2D eigenvalue weighted by Gasteiger charge is 2.27. The molecular formula is C23H19N5O2. The van der Waals surface area contributed by atoms with Crippen molar-refractivity contribution in [2.24, 2.45) is 0 Å². The van der Waals surface area contributed by atoms with Crippen molar-refractivity contribution < 1.29 is 4.92 Å². The molecule has 0 bridgehead atoms. The number of fused-ring (bicyclic) bond motifs is 4. The normalized spacial score (nSPS) is 15.7. The van der Waals surface area contributed by atoms with Crippen LogP contribution in [-0.2, 0) is 0 Å². The van der Waals surface area contributed by atoms with E-state index in [4.69, 9.17) is 9.97 Å². The largest absolute Gasteiger partial charge is 0.368 e. The number of hydrogen-bond donors (Lipinski definition) is 0. The predicted octanol–water partition coefficient (Wildman–Crippen LogP) is 4.09. The SMILES string of the molecule is CN1CCN(c2ccc3c4c(cccc24)-c2nc4cc([N+](=O)[O-])ccc4nc2-3)CC1. The standard InChI is InChI=1S/C23H19N5O2/c1-26-9-11-27(12-10-26)20-8-6-17-21-15(20)3-2-4-16(21)22-23(17)24-18-7-5-14(28(29)30)13-19(18)25-22/h2-8,13H,9-12H2,1H3. The highest BCUT2D eigenvalue weighted by atomic mass is 16.6. The molecule has 1 fully saturated rings. The van der Waals surface area contributed by atoms with Gasteiger partial charge in [0.25, 0.3) is 5.69 Å². The van der Waals surface area contributed by atoms with E-state index in [1.807, 2.05) is 0 Å². The van der Waals surface area contributed by atoms with Crippen LogP contribution in [-0.4, -0.2) is 53.0 Å². The van der Waals surface area contributed by atoms with Crippen LogP contribution in [0.15, 0.2) is 48.5 Å². The van der Waals surface area contributed by atoms with Crippen LogP contribution < -0.4 is 4.90 Å². The summed E-state index contributed by atoms with van der Waals surface area (Å²) in [4.78, 5) is 25.2. The van der Waals surface area contributed by atoms with Crippen LogP contribution in [0.3, 0.4) is 0 Å². The third kappa shape index (κ3) is 2.42. The first-order valence-corrected chi connectivity index (χ1v) is 10.1. The molecule has 1 saturated heterocycles. The zero-order valence-corrected chi connectivity index (χ0v) is 16.5. The van der Waals surface area contributed by atoms with E-state index in [2.05, 4.69) is 47.2 Å². The van der Waals surface area contributed by atoms with Crippen LogP contribution in [0.4, 0.5) is 11.4 Å². The highest BCUT2D eigenvalue weighted by Crippen LogP contribution is 2.48. The fourth-order valence-electron chi connectivity index (χ4n) is 4.64. The van der Waals surface area contributed by atoms with Crippen molar-refractivity contribution in [2.45, 2.75) is 0 Å². The Hall–Kier alpha value is -3.58. The average molecular weight is 397 g/mol. The number of nitrogens with zero attached hydrogens (tertiary/aromatic N) is 5. The molecule has 0 spiro atoms. The van der Waals surface area contributed by atoms with Gasteiger partial charge < -0.3 is 9.80 Å². The first kappa shape index (κ1) is 17.3. The van der Waals surface area contributed by atoms with E-state index in [0.29, 0.717) is 11.0 Å². The first-order valence-electron chi connectivity index (χ1n) is 10.1.